The molecule has 0 spiro atoms. The van der Waals surface area contributed by atoms with E-state index in [0.717, 1.165) is 16.9 Å². The highest BCUT2D eigenvalue weighted by molar-refractivity contribution is 5.63. The van der Waals surface area contributed by atoms with E-state index < -0.39 is 0 Å². The van der Waals surface area contributed by atoms with Crippen LogP contribution in [0.2, 0.25) is 0 Å². The highest BCUT2D eigenvalue weighted by atomic mass is 16.5. The Labute approximate surface area is 97.7 Å². The zero-order chi connectivity index (χ0) is 11.7. The summed E-state index contributed by atoms with van der Waals surface area (Å²) >= 11 is 0. The Hall–Kier alpha value is -2.43. The molecule has 0 aliphatic carbocycles. The van der Waals surface area contributed by atoms with Gasteiger partial charge < -0.3 is 4.74 Å². The van der Waals surface area contributed by atoms with Crippen LogP contribution in [0, 0.1) is 0 Å². The minimum absolute atomic E-state index is 0.599. The van der Waals surface area contributed by atoms with Gasteiger partial charge in [-0.05, 0) is 17.7 Å². The molecule has 0 amide bonds. The number of benzene rings is 1. The maximum absolute atomic E-state index is 5.12. The van der Waals surface area contributed by atoms with Crippen LogP contribution in [-0.4, -0.2) is 26.7 Å². The molecule has 3 rings (SSSR count). The van der Waals surface area contributed by atoms with Crippen molar-refractivity contribution >= 4 is 5.78 Å². The minimum atomic E-state index is 0.599. The van der Waals surface area contributed by atoms with Crippen LogP contribution in [0.4, 0.5) is 0 Å². The van der Waals surface area contributed by atoms with Crippen molar-refractivity contribution in [3.63, 3.8) is 0 Å². The maximum atomic E-state index is 5.12. The number of aromatic nitrogens is 4. The molecule has 0 saturated heterocycles. The molecule has 0 aliphatic heterocycles. The van der Waals surface area contributed by atoms with Gasteiger partial charge in [-0.3, -0.25) is 4.40 Å². The number of nitrogens with zero attached hydrogens (tertiary/aromatic N) is 4. The fourth-order valence-electron chi connectivity index (χ4n) is 1.66. The molecular weight excluding hydrogens is 216 g/mol. The summed E-state index contributed by atoms with van der Waals surface area (Å²) in [6.07, 6.45) is 5.37. The van der Waals surface area contributed by atoms with Gasteiger partial charge in [-0.1, -0.05) is 12.1 Å². The van der Waals surface area contributed by atoms with Crippen LogP contribution in [-0.2, 0) is 0 Å². The van der Waals surface area contributed by atoms with Gasteiger partial charge in [-0.15, -0.1) is 10.2 Å². The van der Waals surface area contributed by atoms with E-state index in [4.69, 9.17) is 4.74 Å². The highest BCUT2D eigenvalue weighted by Crippen LogP contribution is 2.21. The molecule has 1 aromatic carbocycles. The molecule has 2 aromatic heterocycles. The molecule has 0 N–H and O–H groups in total. The molecule has 0 aliphatic rings. The molecular formula is C12H10N4O. The third-order valence-electron chi connectivity index (χ3n) is 2.57. The van der Waals surface area contributed by atoms with Crippen LogP contribution in [0.15, 0.2) is 43.0 Å². The lowest BCUT2D eigenvalue weighted by atomic mass is 10.1. The fraction of sp³-hybridized carbons (Fsp3) is 0.0833. The molecule has 0 radical (unpaired) electrons. The van der Waals surface area contributed by atoms with Crippen LogP contribution >= 0.6 is 0 Å². The number of rotatable bonds is 2. The normalized spacial score (nSPS) is 10.6. The number of ether oxygens (including phenoxy) is 1. The van der Waals surface area contributed by atoms with Gasteiger partial charge in [0.15, 0.2) is 0 Å². The Balaban J connectivity index is 2.06. The molecule has 0 fully saturated rings. The second-order valence-corrected chi connectivity index (χ2v) is 3.61. The summed E-state index contributed by atoms with van der Waals surface area (Å²) in [7, 11) is 1.65. The summed E-state index contributed by atoms with van der Waals surface area (Å²) in [6.45, 7) is 0. The van der Waals surface area contributed by atoms with E-state index >= 15 is 0 Å². The van der Waals surface area contributed by atoms with E-state index in [2.05, 4.69) is 15.2 Å². The average Bonchev–Trinajstić information content (AvgIpc) is 2.86. The predicted molar refractivity (Wildman–Crippen MR) is 62.8 cm³/mol. The Kier molecular flexibility index (Phi) is 2.22. The Morgan fingerprint density at radius 2 is 1.94 bits per heavy atom. The summed E-state index contributed by atoms with van der Waals surface area (Å²) in [5.41, 5.74) is 2.09. The highest BCUT2D eigenvalue weighted by Gasteiger charge is 2.02. The summed E-state index contributed by atoms with van der Waals surface area (Å²) in [6, 6.07) is 7.83. The lowest BCUT2D eigenvalue weighted by Gasteiger charge is -2.03. The van der Waals surface area contributed by atoms with E-state index in [1.165, 1.54) is 0 Å². The monoisotopic (exact) mass is 226 g/mol. The van der Waals surface area contributed by atoms with Gasteiger partial charge in [0, 0.05) is 18.0 Å². The van der Waals surface area contributed by atoms with Gasteiger partial charge in [0.2, 0.25) is 0 Å². The molecule has 0 bridgehead atoms. The van der Waals surface area contributed by atoms with Crippen molar-refractivity contribution in [3.05, 3.63) is 43.0 Å². The Bertz CT molecular complexity index is 645. The second-order valence-electron chi connectivity index (χ2n) is 3.61. The molecule has 0 atom stereocenters. The fourth-order valence-corrected chi connectivity index (χ4v) is 1.66. The van der Waals surface area contributed by atoms with Gasteiger partial charge >= 0.3 is 0 Å². The number of methoxy groups -OCH3 is 1. The van der Waals surface area contributed by atoms with E-state index in [0.29, 0.717) is 5.78 Å². The van der Waals surface area contributed by atoms with Gasteiger partial charge in [0.1, 0.15) is 12.1 Å². The molecule has 0 unspecified atom stereocenters. The summed E-state index contributed by atoms with van der Waals surface area (Å²) in [5.74, 6) is 1.44. The van der Waals surface area contributed by atoms with Crippen LogP contribution in [0.25, 0.3) is 16.9 Å². The quantitative estimate of drug-likeness (QED) is 0.668. The zero-order valence-electron chi connectivity index (χ0n) is 9.24. The smallest absolute Gasteiger partial charge is 0.254 e. The van der Waals surface area contributed by atoms with E-state index in [-0.39, 0.29) is 0 Å². The van der Waals surface area contributed by atoms with Crippen molar-refractivity contribution in [1.82, 2.24) is 19.6 Å². The standard InChI is InChI=1S/C12H10N4O/c1-17-11-4-2-9(3-5-11)10-6-13-12-15-14-8-16(12)7-10/h2-8H,1H3. The maximum Gasteiger partial charge on any atom is 0.254 e. The third kappa shape index (κ3) is 1.71. The number of hydrogen-bond acceptors (Lipinski definition) is 4. The molecule has 5 heteroatoms. The van der Waals surface area contributed by atoms with Gasteiger partial charge in [0.05, 0.1) is 7.11 Å². The lowest BCUT2D eigenvalue weighted by molar-refractivity contribution is 0.415. The first-order chi connectivity index (χ1) is 8.36. The van der Waals surface area contributed by atoms with Crippen molar-refractivity contribution in [2.45, 2.75) is 0 Å². The molecule has 0 saturated carbocycles. The first-order valence-corrected chi connectivity index (χ1v) is 5.16. The third-order valence-corrected chi connectivity index (χ3v) is 2.57. The predicted octanol–water partition coefficient (Wildman–Crippen LogP) is 1.80. The summed E-state index contributed by atoms with van der Waals surface area (Å²) in [5, 5.41) is 7.66. The van der Waals surface area contributed by atoms with Crippen LogP contribution < -0.4 is 4.74 Å². The average molecular weight is 226 g/mol. The molecule has 2 heterocycles. The van der Waals surface area contributed by atoms with Gasteiger partial charge in [-0.25, -0.2) is 4.98 Å². The van der Waals surface area contributed by atoms with Crippen molar-refractivity contribution in [2.75, 3.05) is 7.11 Å². The van der Waals surface area contributed by atoms with E-state index in [1.807, 2.05) is 30.5 Å². The van der Waals surface area contributed by atoms with Crippen molar-refractivity contribution in [3.8, 4) is 16.9 Å². The SMILES string of the molecule is COc1ccc(-c2cnc3nncn3c2)cc1. The first-order valence-electron chi connectivity index (χ1n) is 5.16. The summed E-state index contributed by atoms with van der Waals surface area (Å²) in [4.78, 5) is 4.22. The van der Waals surface area contributed by atoms with Gasteiger partial charge in [-0.2, -0.15) is 0 Å². The van der Waals surface area contributed by atoms with Crippen molar-refractivity contribution in [1.29, 1.82) is 0 Å². The molecule has 17 heavy (non-hydrogen) atoms. The minimum Gasteiger partial charge on any atom is -0.497 e. The van der Waals surface area contributed by atoms with Crippen LogP contribution in [0.1, 0.15) is 0 Å². The number of hydrogen-bond donors (Lipinski definition) is 0. The van der Waals surface area contributed by atoms with Crippen molar-refractivity contribution < 1.29 is 4.74 Å². The number of fused-ring (bicyclic) bond motifs is 1. The topological polar surface area (TPSA) is 52.3 Å². The zero-order valence-corrected chi connectivity index (χ0v) is 9.24. The Morgan fingerprint density at radius 1 is 1.12 bits per heavy atom. The Morgan fingerprint density at radius 3 is 2.71 bits per heavy atom. The molecule has 3 aromatic rings. The molecule has 5 nitrogen and oxygen atoms in total. The van der Waals surface area contributed by atoms with E-state index in [1.54, 1.807) is 24.0 Å². The molecule has 84 valence electrons. The second kappa shape index (κ2) is 3.86. The van der Waals surface area contributed by atoms with Crippen LogP contribution in [0.3, 0.4) is 0 Å². The largest absolute Gasteiger partial charge is 0.497 e. The summed E-state index contributed by atoms with van der Waals surface area (Å²) < 4.78 is 6.91. The first kappa shape index (κ1) is 9.77. The van der Waals surface area contributed by atoms with Crippen molar-refractivity contribution in [2.24, 2.45) is 0 Å². The van der Waals surface area contributed by atoms with Crippen LogP contribution in [0.5, 0.6) is 5.75 Å². The lowest BCUT2D eigenvalue weighted by Crippen LogP contribution is -1.89. The van der Waals surface area contributed by atoms with Gasteiger partial charge in [0.25, 0.3) is 5.78 Å². The van der Waals surface area contributed by atoms with E-state index in [9.17, 15) is 0 Å².